The molecular formula is C47H58N12O6. The zero-order valence-corrected chi connectivity index (χ0v) is 36.5. The molecule has 18 heteroatoms. The number of carbonyl (C=O) groups is 6. The van der Waals surface area contributed by atoms with Crippen molar-refractivity contribution in [3.05, 3.63) is 126 Å². The summed E-state index contributed by atoms with van der Waals surface area (Å²) in [6.45, 7) is 3.23. The molecule has 0 aliphatic carbocycles. The van der Waals surface area contributed by atoms with Crippen molar-refractivity contribution >= 4 is 57.2 Å². The van der Waals surface area contributed by atoms with E-state index in [2.05, 4.69) is 35.9 Å². The molecule has 3 heterocycles. The maximum Gasteiger partial charge on any atom is 0.259 e. The lowest BCUT2D eigenvalue weighted by Crippen LogP contribution is -2.64. The lowest BCUT2D eigenvalue weighted by Gasteiger charge is -2.33. The van der Waals surface area contributed by atoms with Gasteiger partial charge in [0.25, 0.3) is 17.7 Å². The van der Waals surface area contributed by atoms with Gasteiger partial charge in [-0.15, -0.1) is 0 Å². The number of nitrogens with two attached hydrogens (primary N) is 4. The van der Waals surface area contributed by atoms with Crippen LogP contribution >= 0.6 is 0 Å². The first-order chi connectivity index (χ1) is 31.2. The Morgan fingerprint density at radius 1 is 0.677 bits per heavy atom. The van der Waals surface area contributed by atoms with Crippen LogP contribution in [-0.4, -0.2) is 103 Å². The second-order valence-electron chi connectivity index (χ2n) is 16.6. The first-order valence-electron chi connectivity index (χ1n) is 21.6. The van der Waals surface area contributed by atoms with Crippen LogP contribution in [0.3, 0.4) is 0 Å². The van der Waals surface area contributed by atoms with Crippen molar-refractivity contribution in [1.29, 1.82) is 0 Å². The van der Waals surface area contributed by atoms with Crippen molar-refractivity contribution in [2.75, 3.05) is 6.54 Å². The molecule has 0 aliphatic heterocycles. The van der Waals surface area contributed by atoms with E-state index in [-0.39, 0.29) is 32.1 Å². The van der Waals surface area contributed by atoms with Gasteiger partial charge in [0.2, 0.25) is 17.7 Å². The average Bonchev–Trinajstić information content (AvgIpc) is 4.07. The Labute approximate surface area is 376 Å². The van der Waals surface area contributed by atoms with Gasteiger partial charge in [-0.1, -0.05) is 66.7 Å². The lowest BCUT2D eigenvalue weighted by molar-refractivity contribution is -0.159. The van der Waals surface area contributed by atoms with Gasteiger partial charge in [-0.2, -0.15) is 0 Å². The van der Waals surface area contributed by atoms with E-state index < -0.39 is 71.2 Å². The summed E-state index contributed by atoms with van der Waals surface area (Å²) in [6, 6.07) is 17.3. The number of fused-ring (bicyclic) bond motifs is 2. The molecule has 0 saturated heterocycles. The fourth-order valence-electron chi connectivity index (χ4n) is 7.71. The fourth-order valence-corrected chi connectivity index (χ4v) is 7.71. The molecule has 0 saturated carbocycles. The molecule has 0 unspecified atom stereocenters. The molecule has 6 amide bonds. The molecule has 65 heavy (non-hydrogen) atoms. The van der Waals surface area contributed by atoms with E-state index in [1.807, 2.05) is 48.5 Å². The third-order valence-corrected chi connectivity index (χ3v) is 11.4. The fraction of sp³-hybridized carbons (Fsp3) is 0.340. The van der Waals surface area contributed by atoms with Crippen LogP contribution in [0.15, 0.2) is 104 Å². The van der Waals surface area contributed by atoms with Crippen LogP contribution in [-0.2, 0) is 54.5 Å². The number of aromatic nitrogens is 4. The number of amides is 6. The zero-order chi connectivity index (χ0) is 46.7. The summed E-state index contributed by atoms with van der Waals surface area (Å²) in [5.74, 6) is -5.22. The number of unbranched alkanes of at least 4 members (excludes halogenated alkanes) is 1. The van der Waals surface area contributed by atoms with Crippen LogP contribution in [0.1, 0.15) is 55.5 Å². The molecule has 6 atom stereocenters. The first kappa shape index (κ1) is 47.5. The number of nitrogens with one attached hydrogen (secondary N) is 6. The van der Waals surface area contributed by atoms with Crippen LogP contribution in [0.2, 0.25) is 0 Å². The highest BCUT2D eigenvalue weighted by molar-refractivity contribution is 6.16. The van der Waals surface area contributed by atoms with Crippen molar-refractivity contribution in [3.63, 3.8) is 0 Å². The van der Waals surface area contributed by atoms with Gasteiger partial charge in [-0.25, -0.2) is 9.88 Å². The van der Waals surface area contributed by atoms with Crippen molar-refractivity contribution in [2.45, 2.75) is 94.5 Å². The van der Waals surface area contributed by atoms with Crippen LogP contribution in [0.4, 0.5) is 0 Å². The molecule has 0 fully saturated rings. The van der Waals surface area contributed by atoms with E-state index in [0.717, 1.165) is 27.4 Å². The van der Waals surface area contributed by atoms with Crippen LogP contribution in [0.25, 0.3) is 21.8 Å². The SMILES string of the molecule is C[C@@H](NC(=O)[C@@H](N)Cc1c[nH]c2ccccc12)C(=O)N[C@H](Cc1c[nH]c2ccccc12)C(=O)N[C@H](Cc1ccccc1)C(=O)N(C(=O)[C@@H](N)Cc1cnc[nH]1)C(=O)[C@@](C)(N)CCCCN. The monoisotopic (exact) mass is 886 g/mol. The number of aromatic amines is 3. The van der Waals surface area contributed by atoms with Crippen molar-refractivity contribution in [2.24, 2.45) is 22.9 Å². The number of benzene rings is 3. The summed E-state index contributed by atoms with van der Waals surface area (Å²) >= 11 is 0. The lowest BCUT2D eigenvalue weighted by atomic mass is 9.93. The minimum atomic E-state index is -1.71. The molecule has 6 aromatic rings. The molecule has 18 nitrogen and oxygen atoms in total. The summed E-state index contributed by atoms with van der Waals surface area (Å²) in [5, 5.41) is 9.90. The normalized spacial score (nSPS) is 14.7. The Bertz CT molecular complexity index is 2590. The van der Waals surface area contributed by atoms with Gasteiger partial charge in [0.15, 0.2) is 0 Å². The predicted molar refractivity (Wildman–Crippen MR) is 246 cm³/mol. The van der Waals surface area contributed by atoms with E-state index in [1.54, 1.807) is 42.7 Å². The molecule has 0 bridgehead atoms. The third-order valence-electron chi connectivity index (χ3n) is 11.4. The average molecular weight is 887 g/mol. The number of nitrogens with zero attached hydrogens (tertiary/aromatic N) is 2. The molecule has 342 valence electrons. The van der Waals surface area contributed by atoms with Gasteiger partial charge in [0.1, 0.15) is 18.1 Å². The Morgan fingerprint density at radius 3 is 1.89 bits per heavy atom. The number of rotatable bonds is 21. The van der Waals surface area contributed by atoms with E-state index >= 15 is 0 Å². The Morgan fingerprint density at radius 2 is 1.28 bits per heavy atom. The highest BCUT2D eigenvalue weighted by Gasteiger charge is 2.44. The number of H-pyrrole nitrogens is 3. The summed E-state index contributed by atoms with van der Waals surface area (Å²) in [5.41, 5.74) is 27.5. The zero-order valence-electron chi connectivity index (χ0n) is 36.5. The molecule has 0 aliphatic rings. The predicted octanol–water partition coefficient (Wildman–Crippen LogP) is 1.50. The van der Waals surface area contributed by atoms with Gasteiger partial charge in [-0.3, -0.25) is 28.8 Å². The van der Waals surface area contributed by atoms with E-state index in [1.165, 1.54) is 26.4 Å². The Hall–Kier alpha value is -6.99. The Balaban J connectivity index is 1.28. The van der Waals surface area contributed by atoms with E-state index in [4.69, 9.17) is 22.9 Å². The maximum absolute atomic E-state index is 14.9. The van der Waals surface area contributed by atoms with Crippen molar-refractivity contribution in [1.82, 2.24) is 40.8 Å². The van der Waals surface area contributed by atoms with Gasteiger partial charge < -0.3 is 53.8 Å². The van der Waals surface area contributed by atoms with E-state index in [9.17, 15) is 28.8 Å². The van der Waals surface area contributed by atoms with Gasteiger partial charge in [-0.05, 0) is 74.9 Å². The quantitative estimate of drug-likeness (QED) is 0.0462. The van der Waals surface area contributed by atoms with E-state index in [0.29, 0.717) is 41.1 Å². The number of imidazole rings is 1. The van der Waals surface area contributed by atoms with Crippen LogP contribution < -0.4 is 38.9 Å². The molecule has 14 N–H and O–H groups in total. The number of hydrogen-bond donors (Lipinski definition) is 10. The molecule has 0 radical (unpaired) electrons. The smallest absolute Gasteiger partial charge is 0.259 e. The molecule has 3 aromatic carbocycles. The number of carbonyl (C=O) groups excluding carboxylic acids is 6. The first-order valence-corrected chi connectivity index (χ1v) is 21.6. The standard InChI is InChI=1S/C47H58N12O6/c1-28(56-42(61)35(49)21-30-24-53-37-16-8-6-14-33(30)37)41(60)57-39(22-31-25-54-38-17-9-7-15-34(31)38)43(62)58-40(20-29-12-4-3-5-13-29)45(64)59(46(65)47(2,51)18-10-11-19-48)44(63)36(50)23-32-26-52-27-55-32/h3-9,12-17,24-28,35-36,39-40,53-54H,10-11,18-23,48-51H2,1-2H3,(H,52,55)(H,56,61)(H,57,60)(H,58,62)/t28-,35+,36+,39-,40-,47+/m1/s1. The minimum absolute atomic E-state index is 0.0623. The second-order valence-corrected chi connectivity index (χ2v) is 16.6. The van der Waals surface area contributed by atoms with Gasteiger partial charge in [0, 0.05) is 65.4 Å². The van der Waals surface area contributed by atoms with Crippen molar-refractivity contribution < 1.29 is 28.8 Å². The second kappa shape index (κ2) is 21.6. The number of imide groups is 3. The van der Waals surface area contributed by atoms with Crippen LogP contribution in [0, 0.1) is 0 Å². The third kappa shape index (κ3) is 12.0. The highest BCUT2D eigenvalue weighted by Crippen LogP contribution is 2.22. The number of hydrogen-bond acceptors (Lipinski definition) is 11. The highest BCUT2D eigenvalue weighted by atomic mass is 16.2. The maximum atomic E-state index is 14.9. The summed E-state index contributed by atoms with van der Waals surface area (Å²) in [7, 11) is 0. The molecule has 3 aromatic heterocycles. The summed E-state index contributed by atoms with van der Waals surface area (Å²) in [4.78, 5) is 99.2. The van der Waals surface area contributed by atoms with Gasteiger partial charge >= 0.3 is 0 Å². The molecule has 6 rings (SSSR count). The number of para-hydroxylation sites is 2. The van der Waals surface area contributed by atoms with Crippen LogP contribution in [0.5, 0.6) is 0 Å². The minimum Gasteiger partial charge on any atom is -0.361 e. The van der Waals surface area contributed by atoms with Crippen molar-refractivity contribution in [3.8, 4) is 0 Å². The molecule has 0 spiro atoms. The Kier molecular flexibility index (Phi) is 15.8. The summed E-state index contributed by atoms with van der Waals surface area (Å²) in [6.07, 6.45) is 7.30. The van der Waals surface area contributed by atoms with Gasteiger partial charge in [0.05, 0.1) is 23.9 Å². The summed E-state index contributed by atoms with van der Waals surface area (Å²) < 4.78 is 0. The topological polar surface area (TPSA) is 306 Å². The molecular weight excluding hydrogens is 829 g/mol. The largest absolute Gasteiger partial charge is 0.361 e.